The second-order valence-electron chi connectivity index (χ2n) is 3.67. The normalized spacial score (nSPS) is 22.2. The second-order valence-corrected chi connectivity index (χ2v) is 3.67. The molecule has 1 rings (SSSR count). The second kappa shape index (κ2) is 4.61. The molecule has 12 heavy (non-hydrogen) atoms. The Hall–Kier alpha value is -0.370. The molecule has 0 spiro atoms. The van der Waals surface area contributed by atoms with Crippen molar-refractivity contribution in [2.75, 3.05) is 7.11 Å². The van der Waals surface area contributed by atoms with Gasteiger partial charge in [0.25, 0.3) is 0 Å². The number of methoxy groups -OCH3 is 1. The third-order valence-corrected chi connectivity index (χ3v) is 2.73. The van der Waals surface area contributed by atoms with E-state index in [4.69, 9.17) is 4.74 Å². The number of ketones is 1. The lowest BCUT2D eigenvalue weighted by molar-refractivity contribution is -0.130. The molecule has 0 saturated heterocycles. The lowest BCUT2D eigenvalue weighted by Gasteiger charge is -2.27. The minimum absolute atomic E-state index is 0.134. The molecule has 0 unspecified atom stereocenters. The van der Waals surface area contributed by atoms with Gasteiger partial charge in [-0.15, -0.1) is 0 Å². The maximum atomic E-state index is 11.1. The molecule has 0 bridgehead atoms. The molecule has 1 atom stereocenters. The molecule has 0 amide bonds. The van der Waals surface area contributed by atoms with Gasteiger partial charge in [0.15, 0.2) is 5.78 Å². The van der Waals surface area contributed by atoms with Crippen LogP contribution in [0, 0.1) is 5.92 Å². The maximum absolute atomic E-state index is 11.1. The van der Waals surface area contributed by atoms with Crippen LogP contribution in [0.4, 0.5) is 0 Å². The third kappa shape index (κ3) is 2.31. The molecule has 1 saturated carbocycles. The summed E-state index contributed by atoms with van der Waals surface area (Å²) in [5.41, 5.74) is 0. The third-order valence-electron chi connectivity index (χ3n) is 2.73. The van der Waals surface area contributed by atoms with Gasteiger partial charge in [-0.05, 0) is 25.7 Å². The van der Waals surface area contributed by atoms with Gasteiger partial charge in [0.2, 0.25) is 0 Å². The van der Waals surface area contributed by atoms with Crippen LogP contribution >= 0.6 is 0 Å². The topological polar surface area (TPSA) is 26.3 Å². The molecule has 0 aromatic heterocycles. The van der Waals surface area contributed by atoms with Gasteiger partial charge in [-0.2, -0.15) is 0 Å². The van der Waals surface area contributed by atoms with E-state index in [1.807, 2.05) is 0 Å². The van der Waals surface area contributed by atoms with Crippen LogP contribution in [-0.4, -0.2) is 19.0 Å². The van der Waals surface area contributed by atoms with Gasteiger partial charge in [-0.25, -0.2) is 0 Å². The van der Waals surface area contributed by atoms with E-state index >= 15 is 0 Å². The fourth-order valence-electron chi connectivity index (χ4n) is 2.13. The minimum atomic E-state index is -0.134. The fraction of sp³-hybridized carbons (Fsp3) is 0.900. The lowest BCUT2D eigenvalue weighted by atomic mass is 9.84. The van der Waals surface area contributed by atoms with Crippen LogP contribution in [-0.2, 0) is 9.53 Å². The summed E-state index contributed by atoms with van der Waals surface area (Å²) in [6.45, 7) is 1.63. The Kier molecular flexibility index (Phi) is 3.73. The summed E-state index contributed by atoms with van der Waals surface area (Å²) >= 11 is 0. The molecular weight excluding hydrogens is 152 g/mol. The molecule has 0 heterocycles. The number of hydrogen-bond donors (Lipinski definition) is 0. The van der Waals surface area contributed by atoms with Crippen molar-refractivity contribution < 1.29 is 9.53 Å². The number of carbonyl (C=O) groups is 1. The summed E-state index contributed by atoms with van der Waals surface area (Å²) < 4.78 is 5.20. The molecular formula is C10H18O2. The summed E-state index contributed by atoms with van der Waals surface area (Å²) in [4.78, 5) is 11.1. The van der Waals surface area contributed by atoms with E-state index in [0.717, 1.165) is 12.8 Å². The zero-order valence-corrected chi connectivity index (χ0v) is 8.01. The van der Waals surface area contributed by atoms with Gasteiger partial charge in [-0.1, -0.05) is 19.3 Å². The van der Waals surface area contributed by atoms with Crippen LogP contribution in [0.1, 0.15) is 39.0 Å². The van der Waals surface area contributed by atoms with E-state index < -0.39 is 0 Å². The number of Topliss-reactive ketones (excluding diaryl/α,β-unsaturated/α-hetero) is 1. The molecule has 0 N–H and O–H groups in total. The van der Waals surface area contributed by atoms with Gasteiger partial charge in [-0.3, -0.25) is 4.79 Å². The molecule has 1 aliphatic rings. The minimum Gasteiger partial charge on any atom is -0.373 e. The summed E-state index contributed by atoms with van der Waals surface area (Å²) in [5.74, 6) is 0.672. The zero-order chi connectivity index (χ0) is 8.97. The quantitative estimate of drug-likeness (QED) is 0.649. The molecule has 70 valence electrons. The van der Waals surface area contributed by atoms with Crippen molar-refractivity contribution >= 4 is 5.78 Å². The standard InChI is InChI=1S/C10H18O2/c1-8(11)10(12-2)9-6-4-3-5-7-9/h9-10H,3-7H2,1-2H3/t10-/m1/s1. The van der Waals surface area contributed by atoms with E-state index in [-0.39, 0.29) is 11.9 Å². The van der Waals surface area contributed by atoms with Crippen LogP contribution in [0.2, 0.25) is 0 Å². The maximum Gasteiger partial charge on any atom is 0.158 e. The molecule has 1 aliphatic carbocycles. The summed E-state index contributed by atoms with van der Waals surface area (Å²) in [6, 6.07) is 0. The Balaban J connectivity index is 2.46. The number of ether oxygens (including phenoxy) is 1. The van der Waals surface area contributed by atoms with Crippen LogP contribution in [0.5, 0.6) is 0 Å². The molecule has 2 nitrogen and oxygen atoms in total. The Morgan fingerprint density at radius 1 is 1.33 bits per heavy atom. The monoisotopic (exact) mass is 170 g/mol. The first-order valence-electron chi connectivity index (χ1n) is 4.79. The van der Waals surface area contributed by atoms with Crippen LogP contribution in [0.25, 0.3) is 0 Å². The van der Waals surface area contributed by atoms with Crippen molar-refractivity contribution in [2.24, 2.45) is 5.92 Å². The van der Waals surface area contributed by atoms with Crippen LogP contribution in [0.15, 0.2) is 0 Å². The molecule has 0 aliphatic heterocycles. The van der Waals surface area contributed by atoms with Crippen molar-refractivity contribution in [1.82, 2.24) is 0 Å². The smallest absolute Gasteiger partial charge is 0.158 e. The highest BCUT2D eigenvalue weighted by Crippen LogP contribution is 2.27. The van der Waals surface area contributed by atoms with Crippen LogP contribution in [0.3, 0.4) is 0 Å². The van der Waals surface area contributed by atoms with Gasteiger partial charge in [0.05, 0.1) is 0 Å². The Bertz CT molecular complexity index is 148. The largest absolute Gasteiger partial charge is 0.373 e. The van der Waals surface area contributed by atoms with Gasteiger partial charge in [0, 0.05) is 7.11 Å². The van der Waals surface area contributed by atoms with E-state index in [1.165, 1.54) is 19.3 Å². The predicted molar refractivity (Wildman–Crippen MR) is 48.1 cm³/mol. The van der Waals surface area contributed by atoms with Crippen molar-refractivity contribution in [2.45, 2.75) is 45.1 Å². The van der Waals surface area contributed by atoms with E-state index in [1.54, 1.807) is 14.0 Å². The van der Waals surface area contributed by atoms with Gasteiger partial charge >= 0.3 is 0 Å². The summed E-state index contributed by atoms with van der Waals surface area (Å²) in [7, 11) is 1.64. The van der Waals surface area contributed by atoms with Gasteiger partial charge in [0.1, 0.15) is 6.10 Å². The predicted octanol–water partition coefficient (Wildman–Crippen LogP) is 2.17. The van der Waals surface area contributed by atoms with E-state index in [9.17, 15) is 4.79 Å². The Morgan fingerprint density at radius 3 is 2.33 bits per heavy atom. The number of carbonyl (C=O) groups excluding carboxylic acids is 1. The highest BCUT2D eigenvalue weighted by atomic mass is 16.5. The van der Waals surface area contributed by atoms with Crippen molar-refractivity contribution in [3.05, 3.63) is 0 Å². The molecule has 1 fully saturated rings. The average molecular weight is 170 g/mol. The highest BCUT2D eigenvalue weighted by molar-refractivity contribution is 5.80. The fourth-order valence-corrected chi connectivity index (χ4v) is 2.13. The molecule has 2 heteroatoms. The molecule has 0 radical (unpaired) electrons. The number of rotatable bonds is 3. The van der Waals surface area contributed by atoms with Gasteiger partial charge < -0.3 is 4.74 Å². The zero-order valence-electron chi connectivity index (χ0n) is 8.01. The first kappa shape index (κ1) is 9.72. The first-order valence-corrected chi connectivity index (χ1v) is 4.79. The van der Waals surface area contributed by atoms with E-state index in [2.05, 4.69) is 0 Å². The van der Waals surface area contributed by atoms with Crippen molar-refractivity contribution in [3.63, 3.8) is 0 Å². The Morgan fingerprint density at radius 2 is 1.92 bits per heavy atom. The van der Waals surface area contributed by atoms with Crippen LogP contribution < -0.4 is 0 Å². The highest BCUT2D eigenvalue weighted by Gasteiger charge is 2.26. The number of hydrogen-bond acceptors (Lipinski definition) is 2. The van der Waals surface area contributed by atoms with E-state index in [0.29, 0.717) is 5.92 Å². The summed E-state index contributed by atoms with van der Waals surface area (Å²) in [6.07, 6.45) is 6.04. The lowest BCUT2D eigenvalue weighted by Crippen LogP contribution is -2.31. The SMILES string of the molecule is CO[C@H](C(C)=O)C1CCCCC1. The average Bonchev–Trinajstić information content (AvgIpc) is 2.07. The summed E-state index contributed by atoms with van der Waals surface area (Å²) in [5, 5.41) is 0. The van der Waals surface area contributed by atoms with Crippen molar-refractivity contribution in [1.29, 1.82) is 0 Å². The molecule has 0 aromatic rings. The Labute approximate surface area is 74.3 Å². The first-order chi connectivity index (χ1) is 5.75. The van der Waals surface area contributed by atoms with Crippen molar-refractivity contribution in [3.8, 4) is 0 Å². The molecule has 0 aromatic carbocycles.